The molecular formula is C15H28O3. The number of carboxylic acid groups (broad SMARTS) is 1. The Hall–Kier alpha value is -0.570. The van der Waals surface area contributed by atoms with Gasteiger partial charge in [-0.15, -0.1) is 0 Å². The highest BCUT2D eigenvalue weighted by Gasteiger charge is 2.51. The largest absolute Gasteiger partial charge is 0.481 e. The van der Waals surface area contributed by atoms with E-state index >= 15 is 0 Å². The molecule has 1 rings (SSSR count). The van der Waals surface area contributed by atoms with Crippen LogP contribution in [0.25, 0.3) is 0 Å². The van der Waals surface area contributed by atoms with Crippen LogP contribution in [-0.4, -0.2) is 21.8 Å². The molecule has 0 heterocycles. The fourth-order valence-corrected chi connectivity index (χ4v) is 2.76. The van der Waals surface area contributed by atoms with Gasteiger partial charge in [0.1, 0.15) is 0 Å². The monoisotopic (exact) mass is 256 g/mol. The van der Waals surface area contributed by atoms with Gasteiger partial charge < -0.3 is 10.2 Å². The van der Waals surface area contributed by atoms with E-state index in [0.717, 1.165) is 32.1 Å². The van der Waals surface area contributed by atoms with Crippen molar-refractivity contribution < 1.29 is 15.0 Å². The summed E-state index contributed by atoms with van der Waals surface area (Å²) in [6.07, 6.45) is 5.99. The molecule has 3 nitrogen and oxygen atoms in total. The molecule has 0 amide bonds. The Bertz CT molecular complexity index is 271. The lowest BCUT2D eigenvalue weighted by molar-refractivity contribution is -0.156. The highest BCUT2D eigenvalue weighted by molar-refractivity contribution is 5.71. The Morgan fingerprint density at radius 2 is 1.94 bits per heavy atom. The number of carboxylic acids is 1. The Morgan fingerprint density at radius 1 is 1.33 bits per heavy atom. The molecule has 1 aliphatic rings. The van der Waals surface area contributed by atoms with Crippen LogP contribution in [0.3, 0.4) is 0 Å². The van der Waals surface area contributed by atoms with Gasteiger partial charge in [-0.2, -0.15) is 0 Å². The first-order chi connectivity index (χ1) is 8.41. The van der Waals surface area contributed by atoms with Crippen LogP contribution in [0.2, 0.25) is 0 Å². The van der Waals surface area contributed by atoms with E-state index in [1.54, 1.807) is 0 Å². The first-order valence-corrected chi connectivity index (χ1v) is 7.37. The normalized spacial score (nSPS) is 20.7. The topological polar surface area (TPSA) is 57.5 Å². The molecule has 2 unspecified atom stereocenters. The van der Waals surface area contributed by atoms with Crippen LogP contribution >= 0.6 is 0 Å². The van der Waals surface area contributed by atoms with Gasteiger partial charge in [0, 0.05) is 0 Å². The van der Waals surface area contributed by atoms with Gasteiger partial charge in [-0.1, -0.05) is 33.6 Å². The van der Waals surface area contributed by atoms with E-state index in [4.69, 9.17) is 0 Å². The molecule has 0 aromatic rings. The Labute approximate surface area is 111 Å². The predicted octanol–water partition coefficient (Wildman–Crippen LogP) is 3.45. The zero-order valence-electron chi connectivity index (χ0n) is 12.0. The van der Waals surface area contributed by atoms with Gasteiger partial charge in [-0.05, 0) is 43.9 Å². The molecule has 2 atom stereocenters. The summed E-state index contributed by atoms with van der Waals surface area (Å²) < 4.78 is 0. The van der Waals surface area contributed by atoms with E-state index < -0.39 is 17.5 Å². The van der Waals surface area contributed by atoms with Crippen molar-refractivity contribution >= 4 is 5.97 Å². The molecule has 18 heavy (non-hydrogen) atoms. The van der Waals surface area contributed by atoms with Crippen LogP contribution in [0.15, 0.2) is 0 Å². The van der Waals surface area contributed by atoms with Gasteiger partial charge in [-0.25, -0.2) is 0 Å². The fourth-order valence-electron chi connectivity index (χ4n) is 2.76. The van der Waals surface area contributed by atoms with Crippen LogP contribution < -0.4 is 0 Å². The van der Waals surface area contributed by atoms with Crippen LogP contribution in [0.4, 0.5) is 0 Å². The van der Waals surface area contributed by atoms with Crippen molar-refractivity contribution in [3.05, 3.63) is 0 Å². The molecule has 0 bridgehead atoms. The van der Waals surface area contributed by atoms with Crippen molar-refractivity contribution in [2.24, 2.45) is 17.8 Å². The Morgan fingerprint density at radius 3 is 2.33 bits per heavy atom. The van der Waals surface area contributed by atoms with Gasteiger partial charge in [0.2, 0.25) is 0 Å². The third kappa shape index (κ3) is 3.98. The fraction of sp³-hybridized carbons (Fsp3) is 0.933. The standard InChI is InChI=1S/C15H28O3/c1-4-5-6-13(14(16)17)15(18,12-7-8-12)10-9-11(2)3/h11-13,18H,4-10H2,1-3H3,(H,16,17). The molecular weight excluding hydrogens is 228 g/mol. The maximum Gasteiger partial charge on any atom is 0.309 e. The highest BCUT2D eigenvalue weighted by atomic mass is 16.4. The SMILES string of the molecule is CCCCC(C(=O)O)C(O)(CCC(C)C)C1CC1. The van der Waals surface area contributed by atoms with E-state index in [1.807, 2.05) is 0 Å². The molecule has 0 aromatic heterocycles. The summed E-state index contributed by atoms with van der Waals surface area (Å²) in [5, 5.41) is 20.3. The van der Waals surface area contributed by atoms with Crippen molar-refractivity contribution in [1.29, 1.82) is 0 Å². The second kappa shape index (κ2) is 6.55. The van der Waals surface area contributed by atoms with E-state index in [-0.39, 0.29) is 5.92 Å². The van der Waals surface area contributed by atoms with Crippen LogP contribution in [0, 0.1) is 17.8 Å². The zero-order valence-corrected chi connectivity index (χ0v) is 12.0. The quantitative estimate of drug-likeness (QED) is 0.664. The summed E-state index contributed by atoms with van der Waals surface area (Å²) in [6.45, 7) is 6.30. The molecule has 0 aliphatic heterocycles. The third-order valence-electron chi connectivity index (χ3n) is 4.15. The Kier molecular flexibility index (Phi) is 5.64. The number of rotatable bonds is 9. The molecule has 2 N–H and O–H groups in total. The molecule has 106 valence electrons. The first kappa shape index (κ1) is 15.5. The molecule has 0 radical (unpaired) electrons. The third-order valence-corrected chi connectivity index (χ3v) is 4.15. The average Bonchev–Trinajstić information content (AvgIpc) is 3.10. The van der Waals surface area contributed by atoms with Gasteiger partial charge >= 0.3 is 5.97 Å². The number of aliphatic hydroxyl groups is 1. The van der Waals surface area contributed by atoms with Crippen LogP contribution in [-0.2, 0) is 4.79 Å². The molecule has 0 aromatic carbocycles. The molecule has 1 aliphatic carbocycles. The van der Waals surface area contributed by atoms with Gasteiger partial charge in [0.05, 0.1) is 11.5 Å². The van der Waals surface area contributed by atoms with Crippen molar-refractivity contribution in [2.75, 3.05) is 0 Å². The summed E-state index contributed by atoms with van der Waals surface area (Å²) in [4.78, 5) is 11.5. The van der Waals surface area contributed by atoms with Gasteiger partial charge in [0.15, 0.2) is 0 Å². The molecule has 1 fully saturated rings. The first-order valence-electron chi connectivity index (χ1n) is 7.37. The smallest absolute Gasteiger partial charge is 0.309 e. The summed E-state index contributed by atoms with van der Waals surface area (Å²) in [5.74, 6) is -0.671. The van der Waals surface area contributed by atoms with Crippen molar-refractivity contribution in [1.82, 2.24) is 0 Å². The number of unbranched alkanes of at least 4 members (excludes halogenated alkanes) is 1. The molecule has 0 saturated heterocycles. The maximum absolute atomic E-state index is 11.5. The zero-order chi connectivity index (χ0) is 13.8. The second-order valence-corrected chi connectivity index (χ2v) is 6.23. The lowest BCUT2D eigenvalue weighted by Gasteiger charge is -2.35. The van der Waals surface area contributed by atoms with Crippen molar-refractivity contribution in [3.63, 3.8) is 0 Å². The number of aliphatic carboxylic acids is 1. The lowest BCUT2D eigenvalue weighted by Crippen LogP contribution is -2.44. The molecule has 1 saturated carbocycles. The summed E-state index contributed by atoms with van der Waals surface area (Å²) in [5.41, 5.74) is -0.967. The molecule has 0 spiro atoms. The van der Waals surface area contributed by atoms with E-state index in [1.165, 1.54) is 0 Å². The van der Waals surface area contributed by atoms with Crippen LogP contribution in [0.1, 0.15) is 65.7 Å². The average molecular weight is 256 g/mol. The van der Waals surface area contributed by atoms with E-state index in [0.29, 0.717) is 18.8 Å². The number of carbonyl (C=O) groups is 1. The second-order valence-electron chi connectivity index (χ2n) is 6.23. The lowest BCUT2D eigenvalue weighted by atomic mass is 9.76. The van der Waals surface area contributed by atoms with Gasteiger partial charge in [0.25, 0.3) is 0 Å². The van der Waals surface area contributed by atoms with E-state index in [9.17, 15) is 15.0 Å². The summed E-state index contributed by atoms with van der Waals surface area (Å²) >= 11 is 0. The minimum Gasteiger partial charge on any atom is -0.481 e. The minimum atomic E-state index is -0.967. The van der Waals surface area contributed by atoms with Crippen molar-refractivity contribution in [3.8, 4) is 0 Å². The maximum atomic E-state index is 11.5. The number of hydrogen-bond donors (Lipinski definition) is 2. The Balaban J connectivity index is 2.74. The summed E-state index contributed by atoms with van der Waals surface area (Å²) in [6, 6.07) is 0. The highest BCUT2D eigenvalue weighted by Crippen LogP contribution is 2.48. The van der Waals surface area contributed by atoms with Gasteiger partial charge in [-0.3, -0.25) is 4.79 Å². The van der Waals surface area contributed by atoms with E-state index in [2.05, 4.69) is 20.8 Å². The molecule has 3 heteroatoms. The number of hydrogen-bond acceptors (Lipinski definition) is 2. The predicted molar refractivity (Wildman–Crippen MR) is 72.4 cm³/mol. The van der Waals surface area contributed by atoms with Crippen molar-refractivity contribution in [2.45, 2.75) is 71.3 Å². The summed E-state index contributed by atoms with van der Waals surface area (Å²) in [7, 11) is 0. The van der Waals surface area contributed by atoms with Crippen LogP contribution in [0.5, 0.6) is 0 Å². The minimum absolute atomic E-state index is 0.217.